The van der Waals surface area contributed by atoms with Crippen molar-refractivity contribution in [3.63, 3.8) is 0 Å². The van der Waals surface area contributed by atoms with Crippen LogP contribution in [0.3, 0.4) is 0 Å². The van der Waals surface area contributed by atoms with E-state index in [1.54, 1.807) is 24.1 Å². The quantitative estimate of drug-likeness (QED) is 0.581. The summed E-state index contributed by atoms with van der Waals surface area (Å²) in [5.41, 5.74) is 4.75. The molecule has 28 heavy (non-hydrogen) atoms. The van der Waals surface area contributed by atoms with E-state index in [-0.39, 0.29) is 5.91 Å². The zero-order chi connectivity index (χ0) is 19.5. The summed E-state index contributed by atoms with van der Waals surface area (Å²) in [6.07, 6.45) is 1.71. The minimum atomic E-state index is -0.132. The number of fused-ring (bicyclic) bond motifs is 1. The van der Waals surface area contributed by atoms with Crippen molar-refractivity contribution >= 4 is 17.1 Å². The molecular weight excluding hydrogens is 354 g/mol. The number of carbonyl (C=O) groups excluding carboxylic acids is 1. The van der Waals surface area contributed by atoms with E-state index < -0.39 is 0 Å². The molecule has 2 aromatic heterocycles. The summed E-state index contributed by atoms with van der Waals surface area (Å²) in [5.74, 6) is 0.656. The molecule has 0 aliphatic carbocycles. The van der Waals surface area contributed by atoms with Crippen molar-refractivity contribution in [3.8, 4) is 11.4 Å². The maximum atomic E-state index is 12.5. The Morgan fingerprint density at radius 3 is 2.71 bits per heavy atom. The highest BCUT2D eigenvalue weighted by Gasteiger charge is 2.12. The molecule has 0 bridgehead atoms. The van der Waals surface area contributed by atoms with Crippen LogP contribution in [0.2, 0.25) is 0 Å². The first-order chi connectivity index (χ1) is 13.7. The predicted octanol–water partition coefficient (Wildman–Crippen LogP) is 3.06. The molecule has 0 spiro atoms. The fraction of sp³-hybridized carbons (Fsp3) is 0.143. The SMILES string of the molecule is COc1ccc(CNC(=O)c2ccc(-n3nnc4cccnc43)c(C)c2)cc1. The fourth-order valence-corrected chi connectivity index (χ4v) is 2.99. The first-order valence-electron chi connectivity index (χ1n) is 8.84. The number of amides is 1. The average molecular weight is 373 g/mol. The van der Waals surface area contributed by atoms with Crippen LogP contribution >= 0.6 is 0 Å². The van der Waals surface area contributed by atoms with Crippen LogP contribution in [0.15, 0.2) is 60.8 Å². The lowest BCUT2D eigenvalue weighted by molar-refractivity contribution is 0.0951. The Hall–Kier alpha value is -3.74. The van der Waals surface area contributed by atoms with E-state index in [1.807, 2.05) is 55.5 Å². The molecule has 140 valence electrons. The molecule has 0 aliphatic heterocycles. The number of pyridine rings is 1. The van der Waals surface area contributed by atoms with Gasteiger partial charge in [0.15, 0.2) is 5.65 Å². The van der Waals surface area contributed by atoms with Gasteiger partial charge >= 0.3 is 0 Å². The highest BCUT2D eigenvalue weighted by atomic mass is 16.5. The van der Waals surface area contributed by atoms with Crippen molar-refractivity contribution in [1.29, 1.82) is 0 Å². The minimum absolute atomic E-state index is 0.132. The molecule has 4 aromatic rings. The van der Waals surface area contributed by atoms with E-state index in [2.05, 4.69) is 20.6 Å². The van der Waals surface area contributed by atoms with Gasteiger partial charge in [-0.1, -0.05) is 17.3 Å². The van der Waals surface area contributed by atoms with Crippen LogP contribution in [-0.4, -0.2) is 33.0 Å². The smallest absolute Gasteiger partial charge is 0.251 e. The van der Waals surface area contributed by atoms with Crippen LogP contribution in [0.1, 0.15) is 21.5 Å². The molecule has 0 aliphatic rings. The van der Waals surface area contributed by atoms with E-state index in [0.717, 1.165) is 28.1 Å². The van der Waals surface area contributed by atoms with E-state index in [0.29, 0.717) is 17.8 Å². The number of aromatic nitrogens is 4. The lowest BCUT2D eigenvalue weighted by Gasteiger charge is -2.10. The number of methoxy groups -OCH3 is 1. The Morgan fingerprint density at radius 1 is 1.14 bits per heavy atom. The number of nitrogens with one attached hydrogen (secondary N) is 1. The molecule has 1 N–H and O–H groups in total. The second-order valence-corrected chi connectivity index (χ2v) is 6.38. The average Bonchev–Trinajstić information content (AvgIpc) is 3.16. The normalized spacial score (nSPS) is 10.8. The van der Waals surface area contributed by atoms with Crippen LogP contribution in [0.25, 0.3) is 16.9 Å². The molecule has 0 saturated carbocycles. The van der Waals surface area contributed by atoms with Crippen molar-refractivity contribution in [2.45, 2.75) is 13.5 Å². The van der Waals surface area contributed by atoms with Crippen molar-refractivity contribution in [2.75, 3.05) is 7.11 Å². The summed E-state index contributed by atoms with van der Waals surface area (Å²) in [7, 11) is 1.63. The zero-order valence-electron chi connectivity index (χ0n) is 15.6. The van der Waals surface area contributed by atoms with Gasteiger partial charge in [-0.05, 0) is 60.5 Å². The van der Waals surface area contributed by atoms with Crippen LogP contribution in [0, 0.1) is 6.92 Å². The Morgan fingerprint density at radius 2 is 1.96 bits per heavy atom. The van der Waals surface area contributed by atoms with Crippen LogP contribution in [-0.2, 0) is 6.54 Å². The van der Waals surface area contributed by atoms with Gasteiger partial charge in [-0.15, -0.1) is 5.10 Å². The summed E-state index contributed by atoms with van der Waals surface area (Å²) >= 11 is 0. The molecule has 0 atom stereocenters. The number of rotatable bonds is 5. The monoisotopic (exact) mass is 373 g/mol. The van der Waals surface area contributed by atoms with Gasteiger partial charge in [0.05, 0.1) is 12.8 Å². The largest absolute Gasteiger partial charge is 0.497 e. The second-order valence-electron chi connectivity index (χ2n) is 6.38. The van der Waals surface area contributed by atoms with Gasteiger partial charge in [0.25, 0.3) is 5.91 Å². The molecule has 0 fully saturated rings. The first-order valence-corrected chi connectivity index (χ1v) is 8.84. The third-order valence-electron chi connectivity index (χ3n) is 4.51. The molecule has 2 heterocycles. The molecule has 4 rings (SSSR count). The van der Waals surface area contributed by atoms with E-state index in [9.17, 15) is 4.79 Å². The summed E-state index contributed by atoms with van der Waals surface area (Å²) < 4.78 is 6.83. The van der Waals surface area contributed by atoms with E-state index >= 15 is 0 Å². The Balaban J connectivity index is 1.51. The van der Waals surface area contributed by atoms with Gasteiger partial charge in [-0.25, -0.2) is 4.98 Å². The van der Waals surface area contributed by atoms with Crippen LogP contribution < -0.4 is 10.1 Å². The van der Waals surface area contributed by atoms with Crippen molar-refractivity contribution < 1.29 is 9.53 Å². The molecule has 0 saturated heterocycles. The number of ether oxygens (including phenoxy) is 1. The molecule has 1 amide bonds. The molecule has 0 radical (unpaired) electrons. The van der Waals surface area contributed by atoms with E-state index in [1.165, 1.54) is 0 Å². The maximum absolute atomic E-state index is 12.5. The third kappa shape index (κ3) is 3.42. The molecule has 7 heteroatoms. The molecule has 7 nitrogen and oxygen atoms in total. The lowest BCUT2D eigenvalue weighted by atomic mass is 10.1. The fourth-order valence-electron chi connectivity index (χ4n) is 2.99. The highest BCUT2D eigenvalue weighted by Crippen LogP contribution is 2.19. The molecular formula is C21H19N5O2. The number of hydrogen-bond acceptors (Lipinski definition) is 5. The van der Waals surface area contributed by atoms with Crippen molar-refractivity contribution in [3.05, 3.63) is 77.5 Å². The third-order valence-corrected chi connectivity index (χ3v) is 4.51. The number of aryl methyl sites for hydroxylation is 1. The minimum Gasteiger partial charge on any atom is -0.497 e. The topological polar surface area (TPSA) is 81.9 Å². The highest BCUT2D eigenvalue weighted by molar-refractivity contribution is 5.94. The Kier molecular flexibility index (Phi) is 4.72. The first kappa shape index (κ1) is 17.7. The second kappa shape index (κ2) is 7.48. The summed E-state index contributed by atoms with van der Waals surface area (Å²) in [6.45, 7) is 2.38. The van der Waals surface area contributed by atoms with Gasteiger partial charge in [0.1, 0.15) is 11.3 Å². The van der Waals surface area contributed by atoms with Gasteiger partial charge < -0.3 is 10.1 Å². The molecule has 0 unspecified atom stereocenters. The number of carbonyl (C=O) groups is 1. The van der Waals surface area contributed by atoms with Gasteiger partial charge in [0, 0.05) is 18.3 Å². The van der Waals surface area contributed by atoms with Crippen LogP contribution in [0.5, 0.6) is 5.75 Å². The Labute approximate surface area is 162 Å². The Bertz CT molecular complexity index is 1140. The molecule has 2 aromatic carbocycles. The van der Waals surface area contributed by atoms with Gasteiger partial charge in [-0.3, -0.25) is 4.79 Å². The maximum Gasteiger partial charge on any atom is 0.251 e. The predicted molar refractivity (Wildman–Crippen MR) is 106 cm³/mol. The summed E-state index contributed by atoms with van der Waals surface area (Å²) in [4.78, 5) is 16.9. The van der Waals surface area contributed by atoms with E-state index in [4.69, 9.17) is 4.74 Å². The lowest BCUT2D eigenvalue weighted by Crippen LogP contribution is -2.23. The number of hydrogen-bond donors (Lipinski definition) is 1. The zero-order valence-corrected chi connectivity index (χ0v) is 15.6. The summed E-state index contributed by atoms with van der Waals surface area (Å²) in [6, 6.07) is 16.8. The van der Waals surface area contributed by atoms with Gasteiger partial charge in [-0.2, -0.15) is 4.68 Å². The van der Waals surface area contributed by atoms with Crippen molar-refractivity contribution in [1.82, 2.24) is 25.3 Å². The van der Waals surface area contributed by atoms with Crippen molar-refractivity contribution in [2.24, 2.45) is 0 Å². The number of benzene rings is 2. The van der Waals surface area contributed by atoms with Crippen LogP contribution in [0.4, 0.5) is 0 Å². The van der Waals surface area contributed by atoms with Gasteiger partial charge in [0.2, 0.25) is 0 Å². The standard InChI is InChI=1S/C21H19N5O2/c1-14-12-16(21(27)23-13-15-5-8-17(28-2)9-6-15)7-10-19(14)26-20-18(24-25-26)4-3-11-22-20/h3-12H,13H2,1-2H3,(H,23,27). The summed E-state index contributed by atoms with van der Waals surface area (Å²) in [5, 5.41) is 11.3. The number of nitrogens with zero attached hydrogens (tertiary/aromatic N) is 4.